The van der Waals surface area contributed by atoms with Crippen LogP contribution >= 0.6 is 11.6 Å². The topological polar surface area (TPSA) is 26.3 Å². The Balaban J connectivity index is 3.06. The Kier molecular flexibility index (Phi) is 2.23. The molecule has 0 heterocycles. The molecule has 0 bridgehead atoms. The van der Waals surface area contributed by atoms with E-state index in [2.05, 4.69) is 32.4 Å². The number of methoxy groups -OCH3 is 1. The van der Waals surface area contributed by atoms with Gasteiger partial charge in [0.2, 0.25) is 0 Å². The minimum absolute atomic E-state index is 0.0122. The lowest BCUT2D eigenvalue weighted by molar-refractivity contribution is -0.135. The number of carbonyl (C=O) groups excluding carboxylic acids is 1. The second-order valence-electron chi connectivity index (χ2n) is 4.43. The average molecular weight is 203 g/mol. The van der Waals surface area contributed by atoms with Crippen molar-refractivity contribution < 1.29 is 9.53 Å². The normalized spacial score (nSPS) is 22.5. The number of halogens is 1. The number of esters is 1. The molecule has 0 radical (unpaired) electrons. The van der Waals surface area contributed by atoms with E-state index >= 15 is 0 Å². The molecule has 1 rings (SSSR count). The highest BCUT2D eigenvalue weighted by atomic mass is 35.5. The number of hydrogen-bond donors (Lipinski definition) is 0. The zero-order chi connectivity index (χ0) is 10.4. The second kappa shape index (κ2) is 2.74. The molecule has 0 aliphatic heterocycles. The molecule has 0 atom stereocenters. The van der Waals surface area contributed by atoms with Crippen molar-refractivity contribution in [1.29, 1.82) is 0 Å². The molecule has 0 aromatic heterocycles. The fourth-order valence-electron chi connectivity index (χ4n) is 1.77. The SMILES string of the molecule is COC(=O)C(Cl)=C1C(C)(C)C1(C)C. The molecule has 0 unspecified atom stereocenters. The number of allylic oxidation sites excluding steroid dienone is 1. The summed E-state index contributed by atoms with van der Waals surface area (Å²) in [5, 5.41) is 0.248. The third kappa shape index (κ3) is 1.28. The Morgan fingerprint density at radius 3 is 1.85 bits per heavy atom. The van der Waals surface area contributed by atoms with Gasteiger partial charge in [-0.05, 0) is 16.4 Å². The second-order valence-corrected chi connectivity index (χ2v) is 4.81. The van der Waals surface area contributed by atoms with Crippen LogP contribution in [0.3, 0.4) is 0 Å². The van der Waals surface area contributed by atoms with Gasteiger partial charge in [-0.15, -0.1) is 0 Å². The van der Waals surface area contributed by atoms with E-state index in [-0.39, 0.29) is 15.9 Å². The van der Waals surface area contributed by atoms with Gasteiger partial charge >= 0.3 is 5.97 Å². The quantitative estimate of drug-likeness (QED) is 0.483. The van der Waals surface area contributed by atoms with Crippen molar-refractivity contribution in [3.63, 3.8) is 0 Å². The molecule has 1 aliphatic carbocycles. The molecule has 1 saturated carbocycles. The summed E-state index contributed by atoms with van der Waals surface area (Å²) in [7, 11) is 1.34. The van der Waals surface area contributed by atoms with Crippen LogP contribution in [0.1, 0.15) is 27.7 Å². The van der Waals surface area contributed by atoms with E-state index in [0.29, 0.717) is 0 Å². The summed E-state index contributed by atoms with van der Waals surface area (Å²) in [6.45, 7) is 8.31. The summed E-state index contributed by atoms with van der Waals surface area (Å²) in [5.74, 6) is -0.435. The lowest BCUT2D eigenvalue weighted by Gasteiger charge is -2.02. The highest BCUT2D eigenvalue weighted by Gasteiger charge is 2.62. The minimum atomic E-state index is -0.435. The van der Waals surface area contributed by atoms with Crippen molar-refractivity contribution in [2.45, 2.75) is 27.7 Å². The summed E-state index contributed by atoms with van der Waals surface area (Å²) in [6, 6.07) is 0. The molecule has 2 nitrogen and oxygen atoms in total. The van der Waals surface area contributed by atoms with Gasteiger partial charge in [0.1, 0.15) is 5.03 Å². The van der Waals surface area contributed by atoms with Crippen LogP contribution in [0.5, 0.6) is 0 Å². The molecule has 74 valence electrons. The first-order chi connectivity index (χ1) is 5.76. The van der Waals surface area contributed by atoms with Crippen molar-refractivity contribution >= 4 is 17.6 Å². The van der Waals surface area contributed by atoms with Crippen LogP contribution in [0.15, 0.2) is 10.6 Å². The highest BCUT2D eigenvalue weighted by molar-refractivity contribution is 6.42. The van der Waals surface area contributed by atoms with Gasteiger partial charge in [-0.1, -0.05) is 39.3 Å². The van der Waals surface area contributed by atoms with Gasteiger partial charge in [0.15, 0.2) is 0 Å². The summed E-state index contributed by atoms with van der Waals surface area (Å²) in [5.41, 5.74) is 1.02. The van der Waals surface area contributed by atoms with E-state index in [1.165, 1.54) is 7.11 Å². The molecule has 0 spiro atoms. The zero-order valence-corrected chi connectivity index (χ0v) is 9.45. The van der Waals surface area contributed by atoms with Crippen molar-refractivity contribution in [1.82, 2.24) is 0 Å². The highest BCUT2D eigenvalue weighted by Crippen LogP contribution is 2.69. The summed E-state index contributed by atoms with van der Waals surface area (Å²) < 4.78 is 4.57. The summed E-state index contributed by atoms with van der Waals surface area (Å²) in [4.78, 5) is 11.2. The lowest BCUT2D eigenvalue weighted by Crippen LogP contribution is -2.00. The Morgan fingerprint density at radius 1 is 1.23 bits per heavy atom. The van der Waals surface area contributed by atoms with Crippen LogP contribution in [-0.4, -0.2) is 13.1 Å². The maximum absolute atomic E-state index is 11.2. The Labute approximate surface area is 83.9 Å². The van der Waals surface area contributed by atoms with E-state index in [0.717, 1.165) is 5.57 Å². The monoisotopic (exact) mass is 202 g/mol. The molecule has 0 N–H and O–H groups in total. The van der Waals surface area contributed by atoms with E-state index in [1.807, 2.05) is 0 Å². The van der Waals surface area contributed by atoms with E-state index in [9.17, 15) is 4.79 Å². The van der Waals surface area contributed by atoms with Gasteiger partial charge in [-0.25, -0.2) is 4.79 Å². The van der Waals surface area contributed by atoms with Crippen LogP contribution in [0.4, 0.5) is 0 Å². The smallest absolute Gasteiger partial charge is 0.349 e. The molecular weight excluding hydrogens is 188 g/mol. The number of ether oxygens (including phenoxy) is 1. The van der Waals surface area contributed by atoms with Gasteiger partial charge in [-0.2, -0.15) is 0 Å². The van der Waals surface area contributed by atoms with Crippen LogP contribution in [0, 0.1) is 10.8 Å². The fourth-order valence-corrected chi connectivity index (χ4v) is 2.32. The number of carbonyl (C=O) groups is 1. The molecule has 0 aromatic rings. The first kappa shape index (κ1) is 10.6. The van der Waals surface area contributed by atoms with Gasteiger partial charge in [0.25, 0.3) is 0 Å². The van der Waals surface area contributed by atoms with Crippen LogP contribution in [0.2, 0.25) is 0 Å². The lowest BCUT2D eigenvalue weighted by atomic mass is 10.0. The molecule has 1 fully saturated rings. The minimum Gasteiger partial charge on any atom is -0.465 e. The average Bonchev–Trinajstić information content (AvgIpc) is 2.41. The van der Waals surface area contributed by atoms with Gasteiger partial charge in [0.05, 0.1) is 7.11 Å². The number of rotatable bonds is 1. The van der Waals surface area contributed by atoms with Gasteiger partial charge in [0, 0.05) is 0 Å². The Hall–Kier alpha value is -0.500. The van der Waals surface area contributed by atoms with Crippen molar-refractivity contribution in [3.8, 4) is 0 Å². The zero-order valence-electron chi connectivity index (χ0n) is 8.69. The molecular formula is C10H15ClO2. The first-order valence-corrected chi connectivity index (χ1v) is 4.63. The first-order valence-electron chi connectivity index (χ1n) is 4.26. The predicted octanol–water partition coefficient (Wildman–Crippen LogP) is 2.72. The van der Waals surface area contributed by atoms with Crippen molar-refractivity contribution in [2.24, 2.45) is 10.8 Å². The molecule has 0 aromatic carbocycles. The van der Waals surface area contributed by atoms with Crippen LogP contribution in [-0.2, 0) is 9.53 Å². The standard InChI is InChI=1S/C10H15ClO2/c1-9(2)7(10(9,3)4)6(11)8(12)13-5/h1-5H3. The van der Waals surface area contributed by atoms with E-state index in [1.54, 1.807) is 0 Å². The molecule has 0 amide bonds. The van der Waals surface area contributed by atoms with Crippen molar-refractivity contribution in [2.75, 3.05) is 7.11 Å². The predicted molar refractivity (Wildman–Crippen MR) is 52.5 cm³/mol. The molecule has 1 aliphatic rings. The van der Waals surface area contributed by atoms with E-state index < -0.39 is 5.97 Å². The third-order valence-electron chi connectivity index (χ3n) is 3.33. The largest absolute Gasteiger partial charge is 0.465 e. The fraction of sp³-hybridized carbons (Fsp3) is 0.700. The van der Waals surface area contributed by atoms with Crippen LogP contribution in [0.25, 0.3) is 0 Å². The Bertz CT molecular complexity index is 271. The summed E-state index contributed by atoms with van der Waals surface area (Å²) >= 11 is 5.90. The van der Waals surface area contributed by atoms with E-state index in [4.69, 9.17) is 11.6 Å². The molecule has 13 heavy (non-hydrogen) atoms. The van der Waals surface area contributed by atoms with Gasteiger partial charge < -0.3 is 4.74 Å². The third-order valence-corrected chi connectivity index (χ3v) is 3.68. The Morgan fingerprint density at radius 2 is 1.62 bits per heavy atom. The maximum atomic E-state index is 11.2. The van der Waals surface area contributed by atoms with Gasteiger partial charge in [-0.3, -0.25) is 0 Å². The molecule has 0 saturated heterocycles. The van der Waals surface area contributed by atoms with Crippen molar-refractivity contribution in [3.05, 3.63) is 10.6 Å². The maximum Gasteiger partial charge on any atom is 0.349 e. The molecule has 3 heteroatoms. The van der Waals surface area contributed by atoms with Crippen LogP contribution < -0.4 is 0 Å². The number of hydrogen-bond acceptors (Lipinski definition) is 2. The summed E-state index contributed by atoms with van der Waals surface area (Å²) in [6.07, 6.45) is 0.